The van der Waals surface area contributed by atoms with Crippen molar-refractivity contribution in [3.05, 3.63) is 0 Å². The largest absolute Gasteiger partial charge is 0.0625 e. The summed E-state index contributed by atoms with van der Waals surface area (Å²) in [5.74, 6) is 5.35. The molecule has 0 heteroatoms. The third kappa shape index (κ3) is 11.6. The summed E-state index contributed by atoms with van der Waals surface area (Å²) in [4.78, 5) is 0. The van der Waals surface area contributed by atoms with Gasteiger partial charge in [0.15, 0.2) is 0 Å². The van der Waals surface area contributed by atoms with E-state index in [1.165, 1.54) is 51.4 Å². The molecule has 0 aromatic rings. The number of rotatable bonds is 13. The van der Waals surface area contributed by atoms with Gasteiger partial charge in [-0.25, -0.2) is 0 Å². The maximum Gasteiger partial charge on any atom is -0.0420 e. The molecule has 0 N–H and O–H groups in total. The third-order valence-electron chi connectivity index (χ3n) is 6.14. The lowest BCUT2D eigenvalue weighted by Crippen LogP contribution is -2.07. The summed E-state index contributed by atoms with van der Waals surface area (Å²) in [6.07, 6.45) is 11.5. The van der Waals surface area contributed by atoms with Crippen LogP contribution in [-0.4, -0.2) is 0 Å². The fourth-order valence-corrected chi connectivity index (χ4v) is 3.11. The molecule has 0 spiro atoms. The molecule has 0 heterocycles. The minimum absolute atomic E-state index is 0.848. The van der Waals surface area contributed by atoms with Gasteiger partial charge in [0, 0.05) is 0 Å². The maximum absolute atomic E-state index is 2.46. The van der Waals surface area contributed by atoms with E-state index < -0.39 is 0 Å². The van der Waals surface area contributed by atoms with Crippen molar-refractivity contribution >= 4 is 0 Å². The van der Waals surface area contributed by atoms with Crippen LogP contribution in [0.3, 0.4) is 0 Å². The van der Waals surface area contributed by atoms with Crippen LogP contribution in [0.2, 0.25) is 0 Å². The van der Waals surface area contributed by atoms with Crippen molar-refractivity contribution in [2.75, 3.05) is 0 Å². The molecule has 0 aliphatic carbocycles. The van der Waals surface area contributed by atoms with Crippen LogP contribution < -0.4 is 0 Å². The molecule has 4 unspecified atom stereocenters. The maximum atomic E-state index is 2.46. The van der Waals surface area contributed by atoms with E-state index in [0.29, 0.717) is 0 Å². The highest BCUT2D eigenvalue weighted by Crippen LogP contribution is 2.25. The zero-order chi connectivity index (χ0) is 17.1. The minimum Gasteiger partial charge on any atom is -0.0625 e. The van der Waals surface area contributed by atoms with Crippen LogP contribution in [0.1, 0.15) is 107 Å². The molecule has 0 radical (unpaired) electrons. The van der Waals surface area contributed by atoms with E-state index >= 15 is 0 Å². The Labute approximate surface area is 142 Å². The van der Waals surface area contributed by atoms with Gasteiger partial charge in [0.1, 0.15) is 0 Å². The summed E-state index contributed by atoms with van der Waals surface area (Å²) in [6.45, 7) is 19.2. The van der Waals surface area contributed by atoms with Gasteiger partial charge in [-0.3, -0.25) is 0 Å². The van der Waals surface area contributed by atoms with E-state index in [1.807, 2.05) is 0 Å². The molecule has 0 nitrogen and oxygen atoms in total. The SMILES string of the molecule is CC(CCCC(C)CCC(C)C(C)C)CCCC(C)C(C)C. The Bertz CT molecular complexity index is 240. The van der Waals surface area contributed by atoms with Crippen molar-refractivity contribution in [1.82, 2.24) is 0 Å². The van der Waals surface area contributed by atoms with E-state index in [4.69, 9.17) is 0 Å². The lowest BCUT2D eigenvalue weighted by atomic mass is 9.87. The Hall–Kier alpha value is 0. The first-order chi connectivity index (χ1) is 10.2. The lowest BCUT2D eigenvalue weighted by Gasteiger charge is -2.19. The van der Waals surface area contributed by atoms with E-state index in [1.54, 1.807) is 0 Å². The highest BCUT2D eigenvalue weighted by Gasteiger charge is 2.11. The normalized spacial score (nSPS) is 17.7. The van der Waals surface area contributed by atoms with E-state index in [0.717, 1.165) is 35.5 Å². The lowest BCUT2D eigenvalue weighted by molar-refractivity contribution is 0.327. The summed E-state index contributed by atoms with van der Waals surface area (Å²) in [5.41, 5.74) is 0. The van der Waals surface area contributed by atoms with Gasteiger partial charge in [0.2, 0.25) is 0 Å². The first kappa shape index (κ1) is 22.0. The summed E-state index contributed by atoms with van der Waals surface area (Å²) in [7, 11) is 0. The number of hydrogen-bond donors (Lipinski definition) is 0. The quantitative estimate of drug-likeness (QED) is 0.323. The van der Waals surface area contributed by atoms with E-state index in [2.05, 4.69) is 55.4 Å². The molecular formula is C22H46. The average molecular weight is 311 g/mol. The highest BCUT2D eigenvalue weighted by atomic mass is 14.2. The molecule has 0 saturated carbocycles. The molecule has 0 aliphatic rings. The molecule has 22 heavy (non-hydrogen) atoms. The molecule has 134 valence electrons. The molecule has 0 aromatic heterocycles. The van der Waals surface area contributed by atoms with E-state index in [9.17, 15) is 0 Å². The van der Waals surface area contributed by atoms with Crippen LogP contribution in [0.25, 0.3) is 0 Å². The monoisotopic (exact) mass is 310 g/mol. The molecule has 0 fully saturated rings. The van der Waals surface area contributed by atoms with Crippen LogP contribution in [0, 0.1) is 35.5 Å². The Morgan fingerprint density at radius 2 is 0.773 bits per heavy atom. The topological polar surface area (TPSA) is 0 Å². The van der Waals surface area contributed by atoms with Crippen LogP contribution in [-0.2, 0) is 0 Å². The van der Waals surface area contributed by atoms with Gasteiger partial charge in [-0.2, -0.15) is 0 Å². The van der Waals surface area contributed by atoms with Crippen LogP contribution in [0.4, 0.5) is 0 Å². The molecular weight excluding hydrogens is 264 g/mol. The second-order valence-corrected chi connectivity index (χ2v) is 9.09. The third-order valence-corrected chi connectivity index (χ3v) is 6.14. The minimum atomic E-state index is 0.848. The Morgan fingerprint density at radius 1 is 0.409 bits per heavy atom. The Kier molecular flexibility index (Phi) is 12.4. The summed E-state index contributed by atoms with van der Waals surface area (Å²) in [5, 5.41) is 0. The van der Waals surface area contributed by atoms with Crippen molar-refractivity contribution in [1.29, 1.82) is 0 Å². The average Bonchev–Trinajstić information content (AvgIpc) is 2.44. The molecule has 0 rings (SSSR count). The van der Waals surface area contributed by atoms with Crippen molar-refractivity contribution in [2.45, 2.75) is 107 Å². The molecule has 0 aliphatic heterocycles. The standard InChI is InChI=1S/C22H46/c1-17(2)21(7)14-10-13-19(5)11-9-12-20(6)15-16-22(8)18(3)4/h17-22H,9-16H2,1-8H3. The zero-order valence-electron chi connectivity index (χ0n) is 17.1. The van der Waals surface area contributed by atoms with Gasteiger partial charge < -0.3 is 0 Å². The van der Waals surface area contributed by atoms with Gasteiger partial charge in [-0.15, -0.1) is 0 Å². The van der Waals surface area contributed by atoms with Crippen molar-refractivity contribution in [3.8, 4) is 0 Å². The Morgan fingerprint density at radius 3 is 1.23 bits per heavy atom. The fraction of sp³-hybridized carbons (Fsp3) is 1.00. The first-order valence-electron chi connectivity index (χ1n) is 10.2. The predicted octanol–water partition coefficient (Wildman–Crippen LogP) is 7.96. The van der Waals surface area contributed by atoms with Crippen molar-refractivity contribution < 1.29 is 0 Å². The molecule has 0 aromatic carbocycles. The summed E-state index contributed by atoms with van der Waals surface area (Å²) >= 11 is 0. The molecule has 0 saturated heterocycles. The highest BCUT2D eigenvalue weighted by molar-refractivity contribution is 4.63. The van der Waals surface area contributed by atoms with Crippen LogP contribution in [0.5, 0.6) is 0 Å². The smallest absolute Gasteiger partial charge is 0.0420 e. The predicted molar refractivity (Wildman–Crippen MR) is 103 cm³/mol. The summed E-state index contributed by atoms with van der Waals surface area (Å²) < 4.78 is 0. The Balaban J connectivity index is 3.60. The van der Waals surface area contributed by atoms with Crippen molar-refractivity contribution in [2.24, 2.45) is 35.5 Å². The second-order valence-electron chi connectivity index (χ2n) is 9.09. The van der Waals surface area contributed by atoms with Gasteiger partial charge in [0.25, 0.3) is 0 Å². The molecule has 4 atom stereocenters. The van der Waals surface area contributed by atoms with Crippen molar-refractivity contribution in [3.63, 3.8) is 0 Å². The van der Waals surface area contributed by atoms with Gasteiger partial charge in [0.05, 0.1) is 0 Å². The summed E-state index contributed by atoms with van der Waals surface area (Å²) in [6, 6.07) is 0. The van der Waals surface area contributed by atoms with Gasteiger partial charge in [-0.05, 0) is 35.5 Å². The molecule has 0 amide bonds. The van der Waals surface area contributed by atoms with Gasteiger partial charge in [-0.1, -0.05) is 107 Å². The number of hydrogen-bond acceptors (Lipinski definition) is 0. The second kappa shape index (κ2) is 12.4. The van der Waals surface area contributed by atoms with Crippen LogP contribution in [0.15, 0.2) is 0 Å². The van der Waals surface area contributed by atoms with Crippen LogP contribution >= 0.6 is 0 Å². The zero-order valence-corrected chi connectivity index (χ0v) is 17.1. The van der Waals surface area contributed by atoms with E-state index in [-0.39, 0.29) is 0 Å². The fourth-order valence-electron chi connectivity index (χ4n) is 3.11. The molecule has 0 bridgehead atoms. The van der Waals surface area contributed by atoms with Gasteiger partial charge >= 0.3 is 0 Å². The first-order valence-corrected chi connectivity index (χ1v) is 10.2.